The standard InChI is InChI=1S/C9H20OSi/c1-7-9(8(2)3)10-11(4,5)6/h7-8H,1-6H3. The van der Waals surface area contributed by atoms with Gasteiger partial charge in [-0.2, -0.15) is 0 Å². The van der Waals surface area contributed by atoms with E-state index in [1.54, 1.807) is 0 Å². The Hall–Kier alpha value is -0.243. The Morgan fingerprint density at radius 2 is 1.73 bits per heavy atom. The quantitative estimate of drug-likeness (QED) is 0.468. The summed E-state index contributed by atoms with van der Waals surface area (Å²) >= 11 is 0. The Morgan fingerprint density at radius 3 is 1.82 bits per heavy atom. The van der Waals surface area contributed by atoms with E-state index < -0.39 is 8.32 Å². The molecule has 0 saturated heterocycles. The minimum absolute atomic E-state index is 0.520. The van der Waals surface area contributed by atoms with E-state index in [9.17, 15) is 0 Å². The largest absolute Gasteiger partial charge is 0.547 e. The van der Waals surface area contributed by atoms with Gasteiger partial charge < -0.3 is 4.43 Å². The second-order valence-electron chi connectivity index (χ2n) is 4.06. The second-order valence-corrected chi connectivity index (χ2v) is 8.49. The van der Waals surface area contributed by atoms with Crippen molar-refractivity contribution in [3.8, 4) is 0 Å². The Bertz CT molecular complexity index is 142. The first-order chi connectivity index (χ1) is 4.87. The fourth-order valence-corrected chi connectivity index (χ4v) is 1.92. The van der Waals surface area contributed by atoms with Gasteiger partial charge in [-0.05, 0) is 26.6 Å². The molecule has 0 aromatic heterocycles. The van der Waals surface area contributed by atoms with E-state index in [1.807, 2.05) is 6.92 Å². The molecule has 0 rings (SSSR count). The van der Waals surface area contributed by atoms with Gasteiger partial charge in [0.05, 0.1) is 5.76 Å². The maximum absolute atomic E-state index is 5.85. The van der Waals surface area contributed by atoms with Crippen molar-refractivity contribution in [2.24, 2.45) is 5.92 Å². The average molecular weight is 172 g/mol. The highest BCUT2D eigenvalue weighted by atomic mass is 28.4. The maximum atomic E-state index is 5.85. The topological polar surface area (TPSA) is 9.23 Å². The lowest BCUT2D eigenvalue weighted by atomic mass is 10.2. The number of rotatable bonds is 3. The molecule has 0 aliphatic rings. The molecule has 0 heterocycles. The lowest BCUT2D eigenvalue weighted by Gasteiger charge is -2.23. The summed E-state index contributed by atoms with van der Waals surface area (Å²) in [4.78, 5) is 0. The van der Waals surface area contributed by atoms with Crippen molar-refractivity contribution in [3.05, 3.63) is 11.8 Å². The zero-order valence-electron chi connectivity index (χ0n) is 8.56. The summed E-state index contributed by atoms with van der Waals surface area (Å²) in [7, 11) is -1.37. The molecule has 2 heteroatoms. The number of hydrogen-bond donors (Lipinski definition) is 0. The molecule has 0 fully saturated rings. The van der Waals surface area contributed by atoms with Crippen LogP contribution in [0.25, 0.3) is 0 Å². The van der Waals surface area contributed by atoms with Gasteiger partial charge in [0.25, 0.3) is 0 Å². The Morgan fingerprint density at radius 1 is 1.27 bits per heavy atom. The van der Waals surface area contributed by atoms with E-state index in [0.29, 0.717) is 5.92 Å². The summed E-state index contributed by atoms with van der Waals surface area (Å²) in [6.07, 6.45) is 2.07. The van der Waals surface area contributed by atoms with Crippen LogP contribution < -0.4 is 0 Å². The van der Waals surface area contributed by atoms with Gasteiger partial charge in [0.15, 0.2) is 0 Å². The molecule has 0 radical (unpaired) electrons. The first kappa shape index (κ1) is 10.8. The Kier molecular flexibility index (Phi) is 3.87. The van der Waals surface area contributed by atoms with Crippen LogP contribution in [-0.2, 0) is 4.43 Å². The third kappa shape index (κ3) is 5.07. The molecule has 0 aromatic rings. The van der Waals surface area contributed by atoms with E-state index in [2.05, 4.69) is 39.6 Å². The van der Waals surface area contributed by atoms with Gasteiger partial charge in [0.2, 0.25) is 8.32 Å². The van der Waals surface area contributed by atoms with Gasteiger partial charge in [-0.25, -0.2) is 0 Å². The van der Waals surface area contributed by atoms with E-state index in [4.69, 9.17) is 4.43 Å². The van der Waals surface area contributed by atoms with Crippen molar-refractivity contribution < 1.29 is 4.43 Å². The van der Waals surface area contributed by atoms with E-state index >= 15 is 0 Å². The average Bonchev–Trinajstić information content (AvgIpc) is 1.80. The fraction of sp³-hybridized carbons (Fsp3) is 0.778. The molecule has 0 spiro atoms. The van der Waals surface area contributed by atoms with Crippen molar-refractivity contribution >= 4 is 8.32 Å². The van der Waals surface area contributed by atoms with Crippen LogP contribution in [0.3, 0.4) is 0 Å². The lowest BCUT2D eigenvalue weighted by molar-refractivity contribution is 0.363. The molecule has 0 atom stereocenters. The maximum Gasteiger partial charge on any atom is 0.241 e. The SMILES string of the molecule is CC=C(O[Si](C)(C)C)C(C)C. The van der Waals surface area contributed by atoms with Crippen LogP contribution in [0.5, 0.6) is 0 Å². The molecule has 0 bridgehead atoms. The molecule has 0 N–H and O–H groups in total. The Balaban J connectivity index is 4.12. The summed E-state index contributed by atoms with van der Waals surface area (Å²) in [5, 5.41) is 0. The van der Waals surface area contributed by atoms with E-state index in [0.717, 1.165) is 5.76 Å². The predicted octanol–water partition coefficient (Wildman–Crippen LogP) is 3.40. The lowest BCUT2D eigenvalue weighted by Crippen LogP contribution is -2.26. The molecule has 0 saturated carbocycles. The highest BCUT2D eigenvalue weighted by molar-refractivity contribution is 6.70. The summed E-state index contributed by atoms with van der Waals surface area (Å²) < 4.78 is 5.85. The first-order valence-corrected chi connectivity index (χ1v) is 7.63. The molecule has 0 aromatic carbocycles. The fourth-order valence-electron chi connectivity index (χ4n) is 0.864. The van der Waals surface area contributed by atoms with E-state index in [-0.39, 0.29) is 0 Å². The second kappa shape index (κ2) is 3.95. The van der Waals surface area contributed by atoms with Gasteiger partial charge in [-0.15, -0.1) is 0 Å². The van der Waals surface area contributed by atoms with Crippen molar-refractivity contribution in [2.45, 2.75) is 40.4 Å². The monoisotopic (exact) mass is 172 g/mol. The zero-order valence-corrected chi connectivity index (χ0v) is 9.56. The normalized spacial score (nSPS) is 13.9. The van der Waals surface area contributed by atoms with Gasteiger partial charge in [0.1, 0.15) is 0 Å². The van der Waals surface area contributed by atoms with Gasteiger partial charge in [-0.1, -0.05) is 19.9 Å². The van der Waals surface area contributed by atoms with Crippen LogP contribution in [-0.4, -0.2) is 8.32 Å². The molecule has 0 unspecified atom stereocenters. The van der Waals surface area contributed by atoms with Crippen molar-refractivity contribution in [3.63, 3.8) is 0 Å². The molecule has 11 heavy (non-hydrogen) atoms. The highest BCUT2D eigenvalue weighted by Gasteiger charge is 2.18. The number of allylic oxidation sites excluding steroid dienone is 2. The van der Waals surface area contributed by atoms with Crippen molar-refractivity contribution in [2.75, 3.05) is 0 Å². The summed E-state index contributed by atoms with van der Waals surface area (Å²) in [5.74, 6) is 1.66. The highest BCUT2D eigenvalue weighted by Crippen LogP contribution is 2.17. The molecular formula is C9H20OSi. The summed E-state index contributed by atoms with van der Waals surface area (Å²) in [6.45, 7) is 13.0. The van der Waals surface area contributed by atoms with Gasteiger partial charge in [-0.3, -0.25) is 0 Å². The molecule has 0 aliphatic heterocycles. The third-order valence-electron chi connectivity index (χ3n) is 1.28. The van der Waals surface area contributed by atoms with Gasteiger partial charge >= 0.3 is 0 Å². The third-order valence-corrected chi connectivity index (χ3v) is 2.13. The van der Waals surface area contributed by atoms with Crippen molar-refractivity contribution in [1.82, 2.24) is 0 Å². The summed E-state index contributed by atoms with van der Waals surface area (Å²) in [6, 6.07) is 0. The van der Waals surface area contributed by atoms with Crippen LogP contribution in [0.1, 0.15) is 20.8 Å². The van der Waals surface area contributed by atoms with Crippen LogP contribution in [0.2, 0.25) is 19.6 Å². The predicted molar refractivity (Wildman–Crippen MR) is 53.0 cm³/mol. The molecule has 1 nitrogen and oxygen atoms in total. The first-order valence-electron chi connectivity index (χ1n) is 4.22. The smallest absolute Gasteiger partial charge is 0.241 e. The van der Waals surface area contributed by atoms with Crippen LogP contribution in [0.4, 0.5) is 0 Å². The van der Waals surface area contributed by atoms with E-state index in [1.165, 1.54) is 0 Å². The zero-order chi connectivity index (χ0) is 9.07. The molecule has 0 aliphatic carbocycles. The minimum Gasteiger partial charge on any atom is -0.547 e. The van der Waals surface area contributed by atoms with Crippen molar-refractivity contribution in [1.29, 1.82) is 0 Å². The van der Waals surface area contributed by atoms with Crippen LogP contribution >= 0.6 is 0 Å². The molecule has 0 amide bonds. The summed E-state index contributed by atoms with van der Waals surface area (Å²) in [5.41, 5.74) is 0. The van der Waals surface area contributed by atoms with Crippen LogP contribution in [0.15, 0.2) is 11.8 Å². The molecular weight excluding hydrogens is 152 g/mol. The Labute approximate surface area is 71.6 Å². The van der Waals surface area contributed by atoms with Crippen LogP contribution in [0, 0.1) is 5.92 Å². The minimum atomic E-state index is -1.37. The molecule has 66 valence electrons. The van der Waals surface area contributed by atoms with Gasteiger partial charge in [0, 0.05) is 5.92 Å². The number of hydrogen-bond acceptors (Lipinski definition) is 1.